The van der Waals surface area contributed by atoms with Crippen molar-refractivity contribution in [3.05, 3.63) is 114 Å². The number of carbonyl (C=O) groups excluding carboxylic acids is 7. The molecule has 1 saturated heterocycles. The minimum atomic E-state index is -1.15. The molecular formula is C49H62N8O8. The Morgan fingerprint density at radius 3 is 2.15 bits per heavy atom. The molecule has 0 radical (unpaired) electrons. The van der Waals surface area contributed by atoms with Crippen LogP contribution in [-0.2, 0) is 41.7 Å². The van der Waals surface area contributed by atoms with Crippen molar-refractivity contribution in [1.29, 1.82) is 0 Å². The number of carbonyl (C=O) groups is 7. The fourth-order valence-corrected chi connectivity index (χ4v) is 7.91. The third-order valence-corrected chi connectivity index (χ3v) is 11.4. The van der Waals surface area contributed by atoms with Gasteiger partial charge in [-0.3, -0.25) is 33.8 Å². The fourth-order valence-electron chi connectivity index (χ4n) is 7.91. The lowest BCUT2D eigenvalue weighted by Crippen LogP contribution is -2.58. The zero-order valence-corrected chi connectivity index (χ0v) is 37.5. The molecule has 0 bridgehead atoms. The smallest absolute Gasteiger partial charge is 0.410 e. The number of hydrogen-bond donors (Lipinski definition) is 5. The van der Waals surface area contributed by atoms with Crippen LogP contribution in [0.1, 0.15) is 93.8 Å². The molecule has 6 N–H and O–H groups in total. The Labute approximate surface area is 380 Å². The number of likely N-dealkylation sites (tertiary alicyclic amines) is 1. The lowest BCUT2D eigenvalue weighted by molar-refractivity contribution is -0.141. The van der Waals surface area contributed by atoms with Crippen LogP contribution in [0, 0.1) is 0 Å². The molecule has 1 aromatic heterocycles. The van der Waals surface area contributed by atoms with E-state index in [-0.39, 0.29) is 56.6 Å². The van der Waals surface area contributed by atoms with E-state index >= 15 is 0 Å². The van der Waals surface area contributed by atoms with Crippen LogP contribution in [0.5, 0.6) is 0 Å². The number of pyridine rings is 1. The van der Waals surface area contributed by atoms with Crippen molar-refractivity contribution >= 4 is 52.3 Å². The summed E-state index contributed by atoms with van der Waals surface area (Å²) >= 11 is 0. The standard InChI is InChI=1S/C49H62N8O8/c1-33(2)56(49(64)65-32-35-16-5-4-6-17-35)28-14-11-22-41(48(63)57-29-15-23-43(57)44(50)59)55-46(61)40(21-10-13-27-52-45(60)39-20-9-12-26-51-39)54-47(62)42(53-34(3)58)31-36-24-25-37-18-7-8-19-38(37)30-36/h4-9,12,16-20,24-26,30,33,40-43H,10-11,13-15,21-23,27-29,31-32H2,1-3H3,(H2,50,59)(H,52,60)(H,53,58)(H,54,62)(H,55,61)/t40-,41+,42-,43+/m1/s1. The molecular weight excluding hydrogens is 829 g/mol. The first kappa shape index (κ1) is 49.2. The number of ether oxygens (including phenoxy) is 1. The van der Waals surface area contributed by atoms with Gasteiger partial charge in [-0.25, -0.2) is 4.79 Å². The summed E-state index contributed by atoms with van der Waals surface area (Å²) in [7, 11) is 0. The lowest BCUT2D eigenvalue weighted by Gasteiger charge is -2.30. The molecule has 1 aliphatic heterocycles. The van der Waals surface area contributed by atoms with E-state index in [2.05, 4.69) is 26.3 Å². The number of primary amides is 1. The molecule has 4 atom stereocenters. The highest BCUT2D eigenvalue weighted by Crippen LogP contribution is 2.21. The molecule has 0 spiro atoms. The molecule has 0 aliphatic carbocycles. The number of fused-ring (bicyclic) bond motifs is 1. The van der Waals surface area contributed by atoms with E-state index in [0.29, 0.717) is 45.1 Å². The Morgan fingerprint density at radius 2 is 1.45 bits per heavy atom. The summed E-state index contributed by atoms with van der Waals surface area (Å²) in [4.78, 5) is 100. The van der Waals surface area contributed by atoms with Crippen molar-refractivity contribution in [2.45, 2.75) is 115 Å². The second-order valence-corrected chi connectivity index (χ2v) is 16.6. The first-order chi connectivity index (χ1) is 31.3. The Kier molecular flexibility index (Phi) is 18.8. The Balaban J connectivity index is 1.31. The van der Waals surface area contributed by atoms with Crippen LogP contribution < -0.4 is 27.0 Å². The maximum Gasteiger partial charge on any atom is 0.410 e. The average molecular weight is 891 g/mol. The van der Waals surface area contributed by atoms with Crippen LogP contribution in [0.3, 0.4) is 0 Å². The van der Waals surface area contributed by atoms with Crippen LogP contribution in [0.15, 0.2) is 97.2 Å². The van der Waals surface area contributed by atoms with E-state index in [1.54, 1.807) is 23.1 Å². The molecule has 7 amide bonds. The minimum Gasteiger partial charge on any atom is -0.445 e. The number of aromatic nitrogens is 1. The van der Waals surface area contributed by atoms with E-state index < -0.39 is 59.8 Å². The Morgan fingerprint density at radius 1 is 0.769 bits per heavy atom. The van der Waals surface area contributed by atoms with Gasteiger partial charge in [-0.1, -0.05) is 78.9 Å². The second-order valence-electron chi connectivity index (χ2n) is 16.6. The number of benzene rings is 3. The van der Waals surface area contributed by atoms with Gasteiger partial charge in [-0.05, 0) is 99.2 Å². The van der Waals surface area contributed by atoms with Crippen LogP contribution in [-0.4, -0.2) is 106 Å². The third kappa shape index (κ3) is 15.1. The highest BCUT2D eigenvalue weighted by atomic mass is 16.6. The second kappa shape index (κ2) is 24.9. The quantitative estimate of drug-likeness (QED) is 0.0659. The predicted octanol–water partition coefficient (Wildman–Crippen LogP) is 4.55. The predicted molar refractivity (Wildman–Crippen MR) is 246 cm³/mol. The summed E-state index contributed by atoms with van der Waals surface area (Å²) in [6, 6.07) is 23.6. The first-order valence-corrected chi connectivity index (χ1v) is 22.4. The molecule has 65 heavy (non-hydrogen) atoms. The molecule has 346 valence electrons. The molecule has 0 unspecified atom stereocenters. The van der Waals surface area contributed by atoms with Crippen molar-refractivity contribution in [3.63, 3.8) is 0 Å². The van der Waals surface area contributed by atoms with Crippen molar-refractivity contribution in [1.82, 2.24) is 36.1 Å². The van der Waals surface area contributed by atoms with Crippen molar-refractivity contribution in [2.24, 2.45) is 5.73 Å². The third-order valence-electron chi connectivity index (χ3n) is 11.4. The topological polar surface area (TPSA) is 222 Å². The normalized spacial score (nSPS) is 14.8. The fraction of sp³-hybridized carbons (Fsp3) is 0.429. The molecule has 16 nitrogen and oxygen atoms in total. The number of nitrogens with two attached hydrogens (primary N) is 1. The molecule has 1 aliphatic rings. The largest absolute Gasteiger partial charge is 0.445 e. The SMILES string of the molecule is CC(=O)N[C@H](Cc1ccc2ccccc2c1)C(=O)N[C@H](CCCCNC(=O)c1ccccn1)C(=O)N[C@@H](CCCCN(C(=O)OCc1ccccc1)C(C)C)C(=O)N1CCC[C@H]1C(N)=O. The monoisotopic (exact) mass is 890 g/mol. The zero-order chi connectivity index (χ0) is 46.7. The van der Waals surface area contributed by atoms with Gasteiger partial charge in [0.1, 0.15) is 36.5 Å². The van der Waals surface area contributed by atoms with Gasteiger partial charge >= 0.3 is 6.09 Å². The van der Waals surface area contributed by atoms with Crippen LogP contribution in [0.2, 0.25) is 0 Å². The minimum absolute atomic E-state index is 0.120. The van der Waals surface area contributed by atoms with Crippen LogP contribution in [0.25, 0.3) is 10.8 Å². The van der Waals surface area contributed by atoms with E-state index in [0.717, 1.165) is 21.9 Å². The molecule has 2 heterocycles. The molecule has 5 rings (SSSR count). The van der Waals surface area contributed by atoms with Gasteiger partial charge in [0.05, 0.1) is 0 Å². The van der Waals surface area contributed by atoms with E-state index in [9.17, 15) is 33.6 Å². The first-order valence-electron chi connectivity index (χ1n) is 22.4. The van der Waals surface area contributed by atoms with Crippen molar-refractivity contribution < 1.29 is 38.3 Å². The highest BCUT2D eigenvalue weighted by Gasteiger charge is 2.38. The maximum atomic E-state index is 14.4. The van der Waals surface area contributed by atoms with Crippen LogP contribution in [0.4, 0.5) is 4.79 Å². The lowest BCUT2D eigenvalue weighted by atomic mass is 10.00. The number of hydrogen-bond acceptors (Lipinski definition) is 9. The van der Waals surface area contributed by atoms with Gasteiger partial charge in [0.25, 0.3) is 5.91 Å². The number of amides is 7. The van der Waals surface area contributed by atoms with Crippen molar-refractivity contribution in [3.8, 4) is 0 Å². The summed E-state index contributed by atoms with van der Waals surface area (Å²) in [5.74, 6) is -3.13. The van der Waals surface area contributed by atoms with E-state index in [4.69, 9.17) is 10.5 Å². The average Bonchev–Trinajstić information content (AvgIpc) is 3.80. The summed E-state index contributed by atoms with van der Waals surface area (Å²) in [6.45, 7) is 6.08. The molecule has 4 aromatic rings. The van der Waals surface area contributed by atoms with Gasteiger partial charge in [-0.15, -0.1) is 0 Å². The zero-order valence-electron chi connectivity index (χ0n) is 37.5. The number of unbranched alkanes of at least 4 members (excludes halogenated alkanes) is 2. The number of rotatable bonds is 23. The van der Waals surface area contributed by atoms with Gasteiger partial charge in [0.15, 0.2) is 0 Å². The molecule has 3 aromatic carbocycles. The van der Waals surface area contributed by atoms with Gasteiger partial charge in [-0.2, -0.15) is 0 Å². The van der Waals surface area contributed by atoms with Gasteiger partial charge in [0.2, 0.25) is 29.5 Å². The summed E-state index contributed by atoms with van der Waals surface area (Å²) in [5.41, 5.74) is 7.62. The number of nitrogens with one attached hydrogen (secondary N) is 4. The van der Waals surface area contributed by atoms with Gasteiger partial charge in [0, 0.05) is 45.2 Å². The molecule has 0 saturated carbocycles. The van der Waals surface area contributed by atoms with Crippen LogP contribution >= 0.6 is 0 Å². The summed E-state index contributed by atoms with van der Waals surface area (Å²) in [6.07, 6.45) is 4.14. The molecule has 1 fully saturated rings. The highest BCUT2D eigenvalue weighted by molar-refractivity contribution is 5.96. The molecule has 16 heteroatoms. The Bertz CT molecular complexity index is 2240. The van der Waals surface area contributed by atoms with E-state index in [1.807, 2.05) is 86.6 Å². The summed E-state index contributed by atoms with van der Waals surface area (Å²) in [5, 5.41) is 13.3. The maximum absolute atomic E-state index is 14.4. The van der Waals surface area contributed by atoms with E-state index in [1.165, 1.54) is 18.0 Å². The summed E-state index contributed by atoms with van der Waals surface area (Å²) < 4.78 is 5.59. The number of nitrogens with zero attached hydrogens (tertiary/aromatic N) is 3. The Hall–Kier alpha value is -6.84. The van der Waals surface area contributed by atoms with Crippen molar-refractivity contribution in [2.75, 3.05) is 19.6 Å². The van der Waals surface area contributed by atoms with Gasteiger partial charge < -0.3 is 41.5 Å².